The lowest BCUT2D eigenvalue weighted by Crippen LogP contribution is -2.43. The maximum Gasteiger partial charge on any atom is 0.338 e. The third-order valence-electron chi connectivity index (χ3n) is 3.55. The second kappa shape index (κ2) is 7.38. The van der Waals surface area contributed by atoms with E-state index < -0.39 is 24.3 Å². The molecule has 5 heteroatoms. The molecule has 0 aliphatic heterocycles. The zero-order valence-electron chi connectivity index (χ0n) is 13.6. The molecule has 0 fully saturated rings. The smallest absolute Gasteiger partial charge is 0.338 e. The lowest BCUT2D eigenvalue weighted by atomic mass is 10.0. The fourth-order valence-electron chi connectivity index (χ4n) is 2.07. The van der Waals surface area contributed by atoms with E-state index >= 15 is 0 Å². The van der Waals surface area contributed by atoms with Crippen LogP contribution < -0.4 is 0 Å². The van der Waals surface area contributed by atoms with E-state index in [2.05, 4.69) is 0 Å². The van der Waals surface area contributed by atoms with Crippen LogP contribution in [0.4, 0.5) is 0 Å². The van der Waals surface area contributed by atoms with Crippen LogP contribution >= 0.6 is 0 Å². The quantitative estimate of drug-likeness (QED) is 0.627. The Labute approximate surface area is 140 Å². The van der Waals surface area contributed by atoms with Gasteiger partial charge in [0.05, 0.1) is 5.60 Å². The molecule has 5 nitrogen and oxygen atoms in total. The van der Waals surface area contributed by atoms with Gasteiger partial charge in [-0.15, -0.1) is 0 Å². The summed E-state index contributed by atoms with van der Waals surface area (Å²) in [7, 11) is 0. The van der Waals surface area contributed by atoms with Gasteiger partial charge in [0.2, 0.25) is 0 Å². The number of ether oxygens (including phenoxy) is 1. The molecule has 0 heterocycles. The van der Waals surface area contributed by atoms with Crippen LogP contribution in [-0.2, 0) is 9.53 Å². The highest BCUT2D eigenvalue weighted by molar-refractivity contribution is 5.98. The largest absolute Gasteiger partial charge is 0.455 e. The van der Waals surface area contributed by atoms with Crippen LogP contribution in [0.5, 0.6) is 0 Å². The first kappa shape index (κ1) is 17.8. The summed E-state index contributed by atoms with van der Waals surface area (Å²) in [6, 6.07) is 16.7. The van der Waals surface area contributed by atoms with Crippen molar-refractivity contribution in [1.29, 1.82) is 0 Å². The Hall–Kier alpha value is -2.50. The number of Topliss-reactive ketones (excluding diaryl/α,β-unsaturated/α-hetero) is 1. The van der Waals surface area contributed by atoms with Crippen molar-refractivity contribution in [3.8, 4) is 11.1 Å². The molecule has 0 unspecified atom stereocenters. The molecule has 0 aliphatic carbocycles. The minimum Gasteiger partial charge on any atom is -0.455 e. The Morgan fingerprint density at radius 3 is 2.08 bits per heavy atom. The van der Waals surface area contributed by atoms with Crippen LogP contribution in [0.15, 0.2) is 54.6 Å². The monoisotopic (exact) mass is 328 g/mol. The van der Waals surface area contributed by atoms with Crippen molar-refractivity contribution in [2.45, 2.75) is 25.6 Å². The van der Waals surface area contributed by atoms with Crippen molar-refractivity contribution in [3.05, 3.63) is 60.2 Å². The molecule has 0 radical (unpaired) electrons. The fourth-order valence-corrected chi connectivity index (χ4v) is 2.07. The van der Waals surface area contributed by atoms with E-state index in [0.717, 1.165) is 11.1 Å². The van der Waals surface area contributed by atoms with E-state index in [1.807, 2.05) is 42.5 Å². The average Bonchev–Trinajstić information content (AvgIpc) is 2.58. The summed E-state index contributed by atoms with van der Waals surface area (Å²) in [4.78, 5) is 23.6. The van der Waals surface area contributed by atoms with Gasteiger partial charge in [0.15, 0.2) is 18.5 Å². The van der Waals surface area contributed by atoms with Crippen LogP contribution in [-0.4, -0.2) is 40.3 Å². The zero-order valence-corrected chi connectivity index (χ0v) is 13.6. The molecule has 126 valence electrons. The number of aliphatic hydroxyl groups is 2. The maximum absolute atomic E-state index is 12.0. The number of hydrogen-bond acceptors (Lipinski definition) is 5. The number of esters is 1. The molecule has 0 amide bonds. The summed E-state index contributed by atoms with van der Waals surface area (Å²) in [5.41, 5.74) is 0.787. The van der Waals surface area contributed by atoms with Gasteiger partial charge in [0.1, 0.15) is 0 Å². The molecular weight excluding hydrogens is 308 g/mol. The van der Waals surface area contributed by atoms with E-state index in [-0.39, 0.29) is 5.78 Å². The van der Waals surface area contributed by atoms with Crippen LogP contribution in [0.3, 0.4) is 0 Å². The van der Waals surface area contributed by atoms with Crippen molar-refractivity contribution in [2.75, 3.05) is 6.61 Å². The predicted molar refractivity (Wildman–Crippen MR) is 89.5 cm³/mol. The van der Waals surface area contributed by atoms with Crippen molar-refractivity contribution in [1.82, 2.24) is 0 Å². The topological polar surface area (TPSA) is 83.8 Å². The molecule has 2 aromatic rings. The summed E-state index contributed by atoms with van der Waals surface area (Å²) in [5, 5.41) is 19.1. The minimum absolute atomic E-state index is 0.383. The Morgan fingerprint density at radius 2 is 1.54 bits per heavy atom. The Bertz CT molecular complexity index is 699. The summed E-state index contributed by atoms with van der Waals surface area (Å²) in [6.07, 6.45) is -1.70. The number of aliphatic hydroxyl groups excluding tert-OH is 1. The van der Waals surface area contributed by atoms with E-state index in [4.69, 9.17) is 4.74 Å². The van der Waals surface area contributed by atoms with Gasteiger partial charge in [-0.3, -0.25) is 4.79 Å². The first-order valence-corrected chi connectivity index (χ1v) is 7.55. The third kappa shape index (κ3) is 4.50. The maximum atomic E-state index is 12.0. The van der Waals surface area contributed by atoms with Gasteiger partial charge in [0, 0.05) is 5.56 Å². The summed E-state index contributed by atoms with van der Waals surface area (Å²) in [6.45, 7) is 2.07. The molecule has 2 aromatic carbocycles. The van der Waals surface area contributed by atoms with Crippen LogP contribution in [0.1, 0.15) is 24.2 Å². The van der Waals surface area contributed by atoms with Crippen molar-refractivity contribution < 1.29 is 24.5 Å². The summed E-state index contributed by atoms with van der Waals surface area (Å²) in [5.74, 6) is -1.41. The standard InChI is InChI=1S/C19H20O5/c1-19(2,23)17(21)18(22)24-12-16(20)15-10-8-14(9-11-15)13-6-4-3-5-7-13/h3-11,17,21,23H,12H2,1-2H3/t17-/m0/s1. The third-order valence-corrected chi connectivity index (χ3v) is 3.55. The summed E-state index contributed by atoms with van der Waals surface area (Å²) >= 11 is 0. The molecular formula is C19H20O5. The molecule has 0 aromatic heterocycles. The lowest BCUT2D eigenvalue weighted by Gasteiger charge is -2.22. The van der Waals surface area contributed by atoms with Gasteiger partial charge in [-0.2, -0.15) is 0 Å². The number of hydrogen-bond donors (Lipinski definition) is 2. The molecule has 2 N–H and O–H groups in total. The van der Waals surface area contributed by atoms with E-state index in [9.17, 15) is 19.8 Å². The Kier molecular flexibility index (Phi) is 5.49. The Morgan fingerprint density at radius 1 is 1.00 bits per heavy atom. The number of ketones is 1. The SMILES string of the molecule is CC(C)(O)[C@@H](O)C(=O)OCC(=O)c1ccc(-c2ccccc2)cc1. The lowest BCUT2D eigenvalue weighted by molar-refractivity contribution is -0.164. The second-order valence-corrected chi connectivity index (χ2v) is 6.03. The molecule has 1 atom stereocenters. The van der Waals surface area contributed by atoms with Gasteiger partial charge in [-0.25, -0.2) is 4.79 Å². The number of rotatable bonds is 6. The highest BCUT2D eigenvalue weighted by Gasteiger charge is 2.32. The van der Waals surface area contributed by atoms with Gasteiger partial charge in [-0.05, 0) is 25.0 Å². The van der Waals surface area contributed by atoms with Gasteiger partial charge in [0.25, 0.3) is 0 Å². The highest BCUT2D eigenvalue weighted by atomic mass is 16.6. The van der Waals surface area contributed by atoms with Gasteiger partial charge < -0.3 is 14.9 Å². The molecule has 24 heavy (non-hydrogen) atoms. The van der Waals surface area contributed by atoms with Crippen molar-refractivity contribution >= 4 is 11.8 Å². The number of carbonyl (C=O) groups is 2. The first-order valence-electron chi connectivity index (χ1n) is 7.55. The highest BCUT2D eigenvalue weighted by Crippen LogP contribution is 2.19. The molecule has 0 saturated carbocycles. The van der Waals surface area contributed by atoms with Crippen LogP contribution in [0.2, 0.25) is 0 Å². The number of carbonyl (C=O) groups excluding carboxylic acids is 2. The molecule has 0 saturated heterocycles. The van der Waals surface area contributed by atoms with E-state index in [1.54, 1.807) is 12.1 Å². The predicted octanol–water partition coefficient (Wildman–Crippen LogP) is 2.21. The zero-order chi connectivity index (χ0) is 17.7. The Balaban J connectivity index is 1.97. The van der Waals surface area contributed by atoms with Crippen LogP contribution in [0, 0.1) is 0 Å². The summed E-state index contributed by atoms with van der Waals surface area (Å²) < 4.78 is 4.76. The van der Waals surface area contributed by atoms with E-state index in [1.165, 1.54) is 13.8 Å². The fraction of sp³-hybridized carbons (Fsp3) is 0.263. The molecule has 2 rings (SSSR count). The van der Waals surface area contributed by atoms with E-state index in [0.29, 0.717) is 5.56 Å². The molecule has 0 bridgehead atoms. The van der Waals surface area contributed by atoms with Crippen LogP contribution in [0.25, 0.3) is 11.1 Å². The number of benzene rings is 2. The molecule has 0 spiro atoms. The van der Waals surface area contributed by atoms with Gasteiger partial charge in [-0.1, -0.05) is 54.6 Å². The first-order chi connectivity index (χ1) is 11.3. The average molecular weight is 328 g/mol. The van der Waals surface area contributed by atoms with Crippen molar-refractivity contribution in [2.24, 2.45) is 0 Å². The minimum atomic E-state index is -1.70. The second-order valence-electron chi connectivity index (χ2n) is 6.03. The normalized spacial score (nSPS) is 12.5. The van der Waals surface area contributed by atoms with Gasteiger partial charge >= 0.3 is 5.97 Å². The molecule has 0 aliphatic rings. The van der Waals surface area contributed by atoms with Crippen molar-refractivity contribution in [3.63, 3.8) is 0 Å².